The zero-order valence-corrected chi connectivity index (χ0v) is 14.7. The van der Waals surface area contributed by atoms with Crippen molar-refractivity contribution in [3.63, 3.8) is 0 Å². The van der Waals surface area contributed by atoms with E-state index in [1.54, 1.807) is 0 Å². The summed E-state index contributed by atoms with van der Waals surface area (Å²) in [5, 5.41) is 17.2. The zero-order valence-electron chi connectivity index (χ0n) is 13.8. The lowest BCUT2D eigenvalue weighted by atomic mass is 9.96. The first-order valence-electron chi connectivity index (χ1n) is 8.54. The Morgan fingerprint density at radius 2 is 2.00 bits per heavy atom. The van der Waals surface area contributed by atoms with Crippen molar-refractivity contribution in [3.05, 3.63) is 35.9 Å². The minimum atomic E-state index is -0.621. The number of rotatable bonds is 6. The van der Waals surface area contributed by atoms with Gasteiger partial charge in [0.25, 0.3) is 0 Å². The maximum absolute atomic E-state index is 10.4. The second kappa shape index (κ2) is 7.14. The third-order valence-corrected chi connectivity index (χ3v) is 6.03. The third-order valence-electron chi connectivity index (χ3n) is 4.79. The summed E-state index contributed by atoms with van der Waals surface area (Å²) in [4.78, 5) is 4.62. The smallest absolute Gasteiger partial charge is 0.191 e. The fraction of sp³-hybridized carbons (Fsp3) is 0.611. The summed E-state index contributed by atoms with van der Waals surface area (Å²) < 4.78 is 0. The van der Waals surface area contributed by atoms with Crippen LogP contribution in [-0.2, 0) is 5.41 Å². The summed E-state index contributed by atoms with van der Waals surface area (Å²) >= 11 is 1.81. The molecule has 1 atom stereocenters. The predicted molar refractivity (Wildman–Crippen MR) is 98.2 cm³/mol. The largest absolute Gasteiger partial charge is 0.387 e. The first-order chi connectivity index (χ1) is 11.2. The normalized spacial score (nSPS) is 26.1. The summed E-state index contributed by atoms with van der Waals surface area (Å²) in [7, 11) is 0. The van der Waals surface area contributed by atoms with E-state index in [1.165, 1.54) is 18.4 Å². The second-order valence-electron chi connectivity index (χ2n) is 6.72. The molecular weight excluding hydrogens is 306 g/mol. The molecule has 1 aromatic carbocycles. The van der Waals surface area contributed by atoms with E-state index in [0.29, 0.717) is 6.54 Å². The molecule has 1 aliphatic carbocycles. The molecule has 1 saturated heterocycles. The van der Waals surface area contributed by atoms with Gasteiger partial charge in [0, 0.05) is 24.3 Å². The SMILES string of the molecule is CCNC(=NCC1(O)CCSC1)NCC1(c2ccccc2)CC1. The van der Waals surface area contributed by atoms with Gasteiger partial charge in [-0.05, 0) is 37.5 Å². The maximum Gasteiger partial charge on any atom is 0.191 e. The van der Waals surface area contributed by atoms with Crippen molar-refractivity contribution in [1.82, 2.24) is 10.6 Å². The van der Waals surface area contributed by atoms with Crippen LogP contribution in [0.2, 0.25) is 0 Å². The number of nitrogens with one attached hydrogen (secondary N) is 2. The number of benzene rings is 1. The predicted octanol–water partition coefficient (Wildman–Crippen LogP) is 2.14. The van der Waals surface area contributed by atoms with Crippen LogP contribution in [-0.4, -0.2) is 47.8 Å². The lowest BCUT2D eigenvalue weighted by molar-refractivity contribution is 0.0778. The van der Waals surface area contributed by atoms with Crippen LogP contribution >= 0.6 is 11.8 Å². The standard InChI is InChI=1S/C18H27N3OS/c1-2-19-16(21-13-18(22)10-11-23-14-18)20-12-17(8-9-17)15-6-4-3-5-7-15/h3-7,22H,2,8-14H2,1H3,(H2,19,20,21). The van der Waals surface area contributed by atoms with Crippen molar-refractivity contribution in [3.8, 4) is 0 Å². The van der Waals surface area contributed by atoms with Crippen LogP contribution < -0.4 is 10.6 Å². The second-order valence-corrected chi connectivity index (χ2v) is 7.83. The van der Waals surface area contributed by atoms with Crippen LogP contribution in [0.1, 0.15) is 31.7 Å². The van der Waals surface area contributed by atoms with E-state index in [1.807, 2.05) is 11.8 Å². The Morgan fingerprint density at radius 1 is 1.22 bits per heavy atom. The fourth-order valence-corrected chi connectivity index (χ4v) is 4.34. The Bertz CT molecular complexity index is 536. The van der Waals surface area contributed by atoms with Crippen LogP contribution in [0.25, 0.3) is 0 Å². The van der Waals surface area contributed by atoms with Gasteiger partial charge in [-0.3, -0.25) is 4.99 Å². The van der Waals surface area contributed by atoms with Crippen molar-refractivity contribution < 1.29 is 5.11 Å². The Labute approximate surface area is 143 Å². The number of hydrogen-bond acceptors (Lipinski definition) is 3. The van der Waals surface area contributed by atoms with Gasteiger partial charge in [-0.1, -0.05) is 30.3 Å². The number of nitrogens with zero attached hydrogens (tertiary/aromatic N) is 1. The highest BCUT2D eigenvalue weighted by Gasteiger charge is 2.44. The zero-order chi connectivity index (χ0) is 16.2. The lowest BCUT2D eigenvalue weighted by Gasteiger charge is -2.22. The molecule has 3 rings (SSSR count). The molecule has 3 N–H and O–H groups in total. The fourth-order valence-electron chi connectivity index (χ4n) is 3.05. The van der Waals surface area contributed by atoms with E-state index in [2.05, 4.69) is 52.9 Å². The molecule has 1 aliphatic heterocycles. The average molecular weight is 334 g/mol. The number of hydrogen-bond donors (Lipinski definition) is 3. The molecule has 23 heavy (non-hydrogen) atoms. The van der Waals surface area contributed by atoms with Gasteiger partial charge in [0.05, 0.1) is 12.1 Å². The van der Waals surface area contributed by atoms with Crippen LogP contribution in [0.15, 0.2) is 35.3 Å². The van der Waals surface area contributed by atoms with Gasteiger partial charge in [-0.15, -0.1) is 0 Å². The Balaban J connectivity index is 1.59. The van der Waals surface area contributed by atoms with Crippen LogP contribution in [0.4, 0.5) is 0 Å². The van der Waals surface area contributed by atoms with E-state index < -0.39 is 5.60 Å². The minimum absolute atomic E-state index is 0.261. The van der Waals surface area contributed by atoms with Crippen molar-refractivity contribution in [2.45, 2.75) is 37.2 Å². The maximum atomic E-state index is 10.4. The number of guanidine groups is 1. The Hall–Kier alpha value is -1.20. The van der Waals surface area contributed by atoms with E-state index in [9.17, 15) is 5.11 Å². The Morgan fingerprint density at radius 3 is 2.61 bits per heavy atom. The summed E-state index contributed by atoms with van der Waals surface area (Å²) in [6.07, 6.45) is 3.29. The molecule has 2 aliphatic rings. The summed E-state index contributed by atoms with van der Waals surface area (Å²) in [6, 6.07) is 10.7. The molecule has 1 unspecified atom stereocenters. The molecule has 0 spiro atoms. The summed E-state index contributed by atoms with van der Waals surface area (Å²) in [5.41, 5.74) is 1.05. The van der Waals surface area contributed by atoms with Crippen molar-refractivity contribution >= 4 is 17.7 Å². The van der Waals surface area contributed by atoms with Gasteiger partial charge in [0.15, 0.2) is 5.96 Å². The van der Waals surface area contributed by atoms with E-state index >= 15 is 0 Å². The van der Waals surface area contributed by atoms with Crippen LogP contribution in [0.5, 0.6) is 0 Å². The summed E-state index contributed by atoms with van der Waals surface area (Å²) in [5.74, 6) is 2.65. The number of aliphatic hydroxyl groups is 1. The average Bonchev–Trinajstić information content (AvgIpc) is 3.25. The van der Waals surface area contributed by atoms with Crippen molar-refractivity contribution in [2.24, 2.45) is 4.99 Å². The molecule has 5 heteroatoms. The highest BCUT2D eigenvalue weighted by Crippen LogP contribution is 2.47. The highest BCUT2D eigenvalue weighted by atomic mass is 32.2. The van der Waals surface area contributed by atoms with E-state index in [-0.39, 0.29) is 5.41 Å². The molecule has 126 valence electrons. The quantitative estimate of drug-likeness (QED) is 0.551. The van der Waals surface area contributed by atoms with E-state index in [4.69, 9.17) is 0 Å². The molecule has 1 aromatic rings. The summed E-state index contributed by atoms with van der Waals surface area (Å²) in [6.45, 7) is 4.28. The lowest BCUT2D eigenvalue weighted by Crippen LogP contribution is -2.43. The minimum Gasteiger partial charge on any atom is -0.387 e. The van der Waals surface area contributed by atoms with Gasteiger partial charge in [-0.2, -0.15) is 11.8 Å². The molecule has 1 saturated carbocycles. The van der Waals surface area contributed by atoms with Crippen LogP contribution in [0, 0.1) is 0 Å². The van der Waals surface area contributed by atoms with Gasteiger partial charge in [0.1, 0.15) is 0 Å². The molecule has 4 nitrogen and oxygen atoms in total. The topological polar surface area (TPSA) is 56.7 Å². The Kier molecular flexibility index (Phi) is 5.17. The van der Waals surface area contributed by atoms with Crippen molar-refractivity contribution in [1.29, 1.82) is 0 Å². The highest BCUT2D eigenvalue weighted by molar-refractivity contribution is 7.99. The van der Waals surface area contributed by atoms with Gasteiger partial charge in [0.2, 0.25) is 0 Å². The molecule has 0 bridgehead atoms. The monoisotopic (exact) mass is 333 g/mol. The molecule has 0 amide bonds. The first kappa shape index (κ1) is 16.7. The van der Waals surface area contributed by atoms with Gasteiger partial charge >= 0.3 is 0 Å². The molecular formula is C18H27N3OS. The van der Waals surface area contributed by atoms with E-state index in [0.717, 1.165) is 37.0 Å². The first-order valence-corrected chi connectivity index (χ1v) is 9.69. The van der Waals surface area contributed by atoms with Crippen LogP contribution in [0.3, 0.4) is 0 Å². The third kappa shape index (κ3) is 4.21. The van der Waals surface area contributed by atoms with Gasteiger partial charge < -0.3 is 15.7 Å². The number of thioether (sulfide) groups is 1. The molecule has 1 heterocycles. The molecule has 2 fully saturated rings. The molecule has 0 radical (unpaired) electrons. The van der Waals surface area contributed by atoms with Gasteiger partial charge in [-0.25, -0.2) is 0 Å². The molecule has 0 aromatic heterocycles. The van der Waals surface area contributed by atoms with Crippen molar-refractivity contribution in [2.75, 3.05) is 31.1 Å². The number of aliphatic imine (C=N–C) groups is 1.